The second-order valence-electron chi connectivity index (χ2n) is 6.59. The van der Waals surface area contributed by atoms with Gasteiger partial charge in [0.05, 0.1) is 12.6 Å². The van der Waals surface area contributed by atoms with Crippen LogP contribution in [0.25, 0.3) is 0 Å². The van der Waals surface area contributed by atoms with E-state index in [1.165, 1.54) is 18.2 Å². The smallest absolute Gasteiger partial charge is 0.379 e. The molecule has 1 fully saturated rings. The van der Waals surface area contributed by atoms with E-state index in [9.17, 15) is 18.3 Å². The molecule has 10 heteroatoms. The molecular formula is C18H20ClF3N4O2. The number of aryl methyl sites for hydroxylation is 1. The number of ether oxygens (including phenoxy) is 1. The summed E-state index contributed by atoms with van der Waals surface area (Å²) in [5.74, 6) is 0.643. The summed E-state index contributed by atoms with van der Waals surface area (Å²) in [5, 5.41) is 9.91. The number of benzene rings is 1. The van der Waals surface area contributed by atoms with Gasteiger partial charge in [0.1, 0.15) is 5.82 Å². The molecule has 3 rings (SSSR count). The molecule has 1 aliphatic heterocycles. The van der Waals surface area contributed by atoms with Crippen LogP contribution in [0.4, 0.5) is 24.9 Å². The number of anilines is 2. The van der Waals surface area contributed by atoms with Crippen molar-refractivity contribution in [3.63, 3.8) is 0 Å². The number of aliphatic hydroxyl groups is 1. The predicted octanol–water partition coefficient (Wildman–Crippen LogP) is 3.58. The van der Waals surface area contributed by atoms with Crippen molar-refractivity contribution in [3.8, 4) is 0 Å². The molecule has 2 atom stereocenters. The number of alkyl halides is 3. The van der Waals surface area contributed by atoms with Gasteiger partial charge in [0.25, 0.3) is 0 Å². The second-order valence-corrected chi connectivity index (χ2v) is 7.00. The average molecular weight is 417 g/mol. The van der Waals surface area contributed by atoms with Crippen LogP contribution in [0.1, 0.15) is 35.4 Å². The first-order chi connectivity index (χ1) is 13.2. The Kier molecular flexibility index (Phi) is 5.97. The minimum absolute atomic E-state index is 0.103. The number of aromatic nitrogens is 2. The van der Waals surface area contributed by atoms with Crippen molar-refractivity contribution in [1.29, 1.82) is 0 Å². The van der Waals surface area contributed by atoms with Crippen LogP contribution in [0.15, 0.2) is 24.3 Å². The SMILES string of the molecule is Cc1cc(N2CCCOCC2c2cc(C(O)C(F)(F)F)ccc2Cl)nc(N)n1. The van der Waals surface area contributed by atoms with E-state index < -0.39 is 18.3 Å². The number of halogens is 4. The Hall–Kier alpha value is -2.10. The van der Waals surface area contributed by atoms with Crippen LogP contribution in [0.2, 0.25) is 5.02 Å². The lowest BCUT2D eigenvalue weighted by atomic mass is 9.99. The van der Waals surface area contributed by atoms with Gasteiger partial charge in [-0.15, -0.1) is 0 Å². The standard InChI is InChI=1S/C18H20ClF3N4O2/c1-10-7-15(25-17(23)24-10)26-5-2-6-28-9-14(26)12-8-11(3-4-13(12)19)16(27)18(20,21)22/h3-4,7-8,14,16,27H,2,5-6,9H2,1H3,(H2,23,24,25). The van der Waals surface area contributed by atoms with E-state index >= 15 is 0 Å². The van der Waals surface area contributed by atoms with Crippen LogP contribution >= 0.6 is 11.6 Å². The molecule has 0 aliphatic carbocycles. The van der Waals surface area contributed by atoms with Crippen molar-refractivity contribution in [3.05, 3.63) is 46.1 Å². The minimum atomic E-state index is -4.77. The highest BCUT2D eigenvalue weighted by Gasteiger charge is 2.40. The van der Waals surface area contributed by atoms with Crippen molar-refractivity contribution in [2.45, 2.75) is 31.7 Å². The first kappa shape index (κ1) is 20.6. The minimum Gasteiger partial charge on any atom is -0.379 e. The third kappa shape index (κ3) is 4.48. The normalized spacial score (nSPS) is 19.4. The van der Waals surface area contributed by atoms with Crippen molar-refractivity contribution in [2.75, 3.05) is 30.4 Å². The summed E-state index contributed by atoms with van der Waals surface area (Å²) in [4.78, 5) is 10.2. The van der Waals surface area contributed by atoms with Crippen molar-refractivity contribution >= 4 is 23.4 Å². The molecule has 2 aromatic rings. The molecule has 1 saturated heterocycles. The molecule has 6 nitrogen and oxygen atoms in total. The van der Waals surface area contributed by atoms with E-state index in [1.807, 2.05) is 4.90 Å². The van der Waals surface area contributed by atoms with Gasteiger partial charge in [0.15, 0.2) is 6.10 Å². The maximum absolute atomic E-state index is 13.0. The molecule has 152 valence electrons. The highest BCUT2D eigenvalue weighted by Crippen LogP contribution is 2.38. The highest BCUT2D eigenvalue weighted by atomic mass is 35.5. The number of nitrogens with zero attached hydrogens (tertiary/aromatic N) is 3. The lowest BCUT2D eigenvalue weighted by molar-refractivity contribution is -0.206. The third-order valence-corrected chi connectivity index (χ3v) is 4.84. The maximum atomic E-state index is 13.0. The number of hydrogen-bond acceptors (Lipinski definition) is 6. The Morgan fingerprint density at radius 3 is 2.75 bits per heavy atom. The molecule has 1 aromatic heterocycles. The second kappa shape index (κ2) is 8.10. The zero-order chi connectivity index (χ0) is 20.5. The van der Waals surface area contributed by atoms with Crippen molar-refractivity contribution in [2.24, 2.45) is 0 Å². The van der Waals surface area contributed by atoms with Crippen molar-refractivity contribution in [1.82, 2.24) is 9.97 Å². The Labute approximate surface area is 165 Å². The summed E-state index contributed by atoms with van der Waals surface area (Å²) in [5.41, 5.74) is 6.57. The van der Waals surface area contributed by atoms with Gasteiger partial charge in [0, 0.05) is 29.9 Å². The molecule has 0 saturated carbocycles. The fraction of sp³-hybridized carbons (Fsp3) is 0.444. The monoisotopic (exact) mass is 416 g/mol. The van der Waals surface area contributed by atoms with Crippen LogP contribution in [-0.2, 0) is 4.74 Å². The number of rotatable bonds is 3. The molecule has 1 aliphatic rings. The molecule has 0 radical (unpaired) electrons. The highest BCUT2D eigenvalue weighted by molar-refractivity contribution is 6.31. The van der Waals surface area contributed by atoms with Crippen LogP contribution in [-0.4, -0.2) is 41.0 Å². The van der Waals surface area contributed by atoms with Gasteiger partial charge in [-0.05, 0) is 36.6 Å². The number of nitrogen functional groups attached to an aromatic ring is 1. The molecule has 1 aromatic carbocycles. The van der Waals surface area contributed by atoms with Gasteiger partial charge in [-0.3, -0.25) is 0 Å². The van der Waals surface area contributed by atoms with Crippen LogP contribution < -0.4 is 10.6 Å². The van der Waals surface area contributed by atoms with Gasteiger partial charge in [0.2, 0.25) is 5.95 Å². The Morgan fingerprint density at radius 1 is 1.32 bits per heavy atom. The zero-order valence-electron chi connectivity index (χ0n) is 15.1. The topological polar surface area (TPSA) is 84.5 Å². The maximum Gasteiger partial charge on any atom is 0.418 e. The van der Waals surface area contributed by atoms with Crippen LogP contribution in [0, 0.1) is 6.92 Å². The first-order valence-electron chi connectivity index (χ1n) is 8.66. The molecule has 0 amide bonds. The fourth-order valence-electron chi connectivity index (χ4n) is 3.21. The number of aliphatic hydroxyl groups excluding tert-OH is 1. The first-order valence-corrected chi connectivity index (χ1v) is 9.04. The molecule has 0 bridgehead atoms. The largest absolute Gasteiger partial charge is 0.418 e. The number of hydrogen-bond donors (Lipinski definition) is 2. The third-order valence-electron chi connectivity index (χ3n) is 4.50. The van der Waals surface area contributed by atoms with Crippen molar-refractivity contribution < 1.29 is 23.0 Å². The molecule has 3 N–H and O–H groups in total. The summed E-state index contributed by atoms with van der Waals surface area (Å²) in [7, 11) is 0. The summed E-state index contributed by atoms with van der Waals surface area (Å²) in [6.07, 6.45) is -6.68. The Balaban J connectivity index is 2.05. The Bertz CT molecular complexity index is 830. The van der Waals surface area contributed by atoms with Gasteiger partial charge in [-0.2, -0.15) is 18.2 Å². The van der Waals surface area contributed by atoms with Gasteiger partial charge >= 0.3 is 6.18 Å². The quantitative estimate of drug-likeness (QED) is 0.795. The lowest BCUT2D eigenvalue weighted by Gasteiger charge is -2.32. The summed E-state index contributed by atoms with van der Waals surface area (Å²) in [6.45, 7) is 3.02. The summed E-state index contributed by atoms with van der Waals surface area (Å²) < 4.78 is 44.5. The zero-order valence-corrected chi connectivity index (χ0v) is 15.8. The van der Waals surface area contributed by atoms with E-state index in [0.717, 1.165) is 0 Å². The summed E-state index contributed by atoms with van der Waals surface area (Å²) in [6, 6.07) is 5.04. The van der Waals surface area contributed by atoms with E-state index in [1.54, 1.807) is 13.0 Å². The molecule has 2 heterocycles. The lowest BCUT2D eigenvalue weighted by Crippen LogP contribution is -2.32. The Morgan fingerprint density at radius 2 is 2.07 bits per heavy atom. The van der Waals surface area contributed by atoms with Gasteiger partial charge in [-0.25, -0.2) is 4.98 Å². The van der Waals surface area contributed by atoms with Crippen LogP contribution in [0.3, 0.4) is 0 Å². The van der Waals surface area contributed by atoms with E-state index in [4.69, 9.17) is 22.1 Å². The molecule has 0 spiro atoms. The van der Waals surface area contributed by atoms with E-state index in [2.05, 4.69) is 9.97 Å². The van der Waals surface area contributed by atoms with Gasteiger partial charge < -0.3 is 20.5 Å². The predicted molar refractivity (Wildman–Crippen MR) is 99.2 cm³/mol. The fourth-order valence-corrected chi connectivity index (χ4v) is 3.45. The number of nitrogens with two attached hydrogens (primary N) is 1. The van der Waals surface area contributed by atoms with E-state index in [0.29, 0.717) is 36.6 Å². The molecular weight excluding hydrogens is 397 g/mol. The average Bonchev–Trinajstić information content (AvgIpc) is 2.86. The summed E-state index contributed by atoms with van der Waals surface area (Å²) >= 11 is 6.31. The molecule has 2 unspecified atom stereocenters. The van der Waals surface area contributed by atoms with Gasteiger partial charge in [-0.1, -0.05) is 17.7 Å². The molecule has 28 heavy (non-hydrogen) atoms. The van der Waals surface area contributed by atoms with Crippen LogP contribution in [0.5, 0.6) is 0 Å². The van der Waals surface area contributed by atoms with E-state index in [-0.39, 0.29) is 23.1 Å².